The summed E-state index contributed by atoms with van der Waals surface area (Å²) in [5.74, 6) is 1.53. The van der Waals surface area contributed by atoms with E-state index in [0.717, 1.165) is 31.0 Å². The lowest BCUT2D eigenvalue weighted by molar-refractivity contribution is 0.675. The Morgan fingerprint density at radius 3 is 2.67 bits per heavy atom. The molecule has 2 nitrogen and oxygen atoms in total. The average Bonchev–Trinajstić information content (AvgIpc) is 2.72. The van der Waals surface area contributed by atoms with Crippen LogP contribution in [0.4, 0.5) is 0 Å². The number of thiophene rings is 1. The zero-order valence-electron chi connectivity index (χ0n) is 9.41. The van der Waals surface area contributed by atoms with E-state index in [1.807, 2.05) is 18.3 Å². The van der Waals surface area contributed by atoms with Gasteiger partial charge in [0.1, 0.15) is 0 Å². The summed E-state index contributed by atoms with van der Waals surface area (Å²) in [6, 6.07) is 4.36. The van der Waals surface area contributed by atoms with Crippen molar-refractivity contribution in [3.63, 3.8) is 0 Å². The topological polar surface area (TPSA) is 29.1 Å². The first-order valence-electron chi connectivity index (χ1n) is 5.39. The quantitative estimate of drug-likeness (QED) is 0.746. The molecule has 0 amide bonds. The van der Waals surface area contributed by atoms with Gasteiger partial charge in [0.25, 0.3) is 0 Å². The second-order valence-corrected chi connectivity index (χ2v) is 6.45. The Hall–Kier alpha value is -0.190. The first-order valence-corrected chi connectivity index (χ1v) is 7.70. The maximum atomic E-state index is 11.1. The molecule has 0 bridgehead atoms. The molecule has 0 saturated heterocycles. The minimum atomic E-state index is -0.640. The Labute approximate surface area is 98.6 Å². The number of hydrogen-bond donors (Lipinski definition) is 1. The Kier molecular flexibility index (Phi) is 6.13. The highest BCUT2D eigenvalue weighted by Gasteiger charge is 1.99. The lowest BCUT2D eigenvalue weighted by Crippen LogP contribution is -2.20. The summed E-state index contributed by atoms with van der Waals surface area (Å²) in [5, 5.41) is 3.32. The van der Waals surface area contributed by atoms with Crippen LogP contribution in [0.25, 0.3) is 0 Å². The fourth-order valence-corrected chi connectivity index (χ4v) is 2.84. The van der Waals surface area contributed by atoms with Gasteiger partial charge in [-0.15, -0.1) is 11.3 Å². The second kappa shape index (κ2) is 7.14. The van der Waals surface area contributed by atoms with Gasteiger partial charge in [-0.2, -0.15) is 0 Å². The molecule has 1 aromatic heterocycles. The zero-order chi connectivity index (χ0) is 11.1. The molecule has 1 unspecified atom stereocenters. The molecule has 0 aromatic carbocycles. The molecule has 1 atom stereocenters. The zero-order valence-corrected chi connectivity index (χ0v) is 11.0. The van der Waals surface area contributed by atoms with Crippen molar-refractivity contribution in [1.29, 1.82) is 0 Å². The van der Waals surface area contributed by atoms with E-state index in [-0.39, 0.29) is 0 Å². The summed E-state index contributed by atoms with van der Waals surface area (Å²) in [6.07, 6.45) is 1.12. The van der Waals surface area contributed by atoms with Crippen molar-refractivity contribution >= 4 is 22.1 Å². The molecular formula is C11H19NOS2. The molecule has 0 radical (unpaired) electrons. The highest BCUT2D eigenvalue weighted by Crippen LogP contribution is 2.16. The third-order valence-corrected chi connectivity index (χ3v) is 4.73. The van der Waals surface area contributed by atoms with Gasteiger partial charge in [-0.3, -0.25) is 4.21 Å². The highest BCUT2D eigenvalue weighted by molar-refractivity contribution is 7.84. The fraction of sp³-hybridized carbons (Fsp3) is 0.636. The van der Waals surface area contributed by atoms with Gasteiger partial charge in [-0.1, -0.05) is 13.8 Å². The minimum absolute atomic E-state index is 0.640. The highest BCUT2D eigenvalue weighted by atomic mass is 32.2. The largest absolute Gasteiger partial charge is 0.311 e. The molecule has 1 aromatic rings. The Balaban J connectivity index is 2.17. The van der Waals surface area contributed by atoms with Crippen LogP contribution in [0.5, 0.6) is 0 Å². The van der Waals surface area contributed by atoms with E-state index in [0.29, 0.717) is 0 Å². The van der Waals surface area contributed by atoms with Gasteiger partial charge < -0.3 is 5.32 Å². The summed E-state index contributed by atoms with van der Waals surface area (Å²) in [6.45, 7) is 5.89. The van der Waals surface area contributed by atoms with Crippen LogP contribution in [-0.4, -0.2) is 22.3 Å². The van der Waals surface area contributed by atoms with Gasteiger partial charge in [0.2, 0.25) is 0 Å². The van der Waals surface area contributed by atoms with Gasteiger partial charge in [-0.25, -0.2) is 0 Å². The lowest BCUT2D eigenvalue weighted by atomic mass is 10.3. The Bertz CT molecular complexity index is 309. The molecule has 86 valence electrons. The molecule has 0 aliphatic carbocycles. The van der Waals surface area contributed by atoms with E-state index in [2.05, 4.69) is 24.4 Å². The maximum absolute atomic E-state index is 11.1. The van der Waals surface area contributed by atoms with Crippen LogP contribution < -0.4 is 5.32 Å². The van der Waals surface area contributed by atoms with Gasteiger partial charge in [-0.05, 0) is 18.6 Å². The molecule has 0 spiro atoms. The first kappa shape index (κ1) is 12.9. The molecule has 1 N–H and O–H groups in total. The SMILES string of the molecule is CCc1ccc(CNCCS(=O)CC)s1. The summed E-state index contributed by atoms with van der Waals surface area (Å²) in [4.78, 5) is 2.80. The van der Waals surface area contributed by atoms with Crippen LogP contribution in [0.2, 0.25) is 0 Å². The molecule has 0 aliphatic heterocycles. The molecule has 0 saturated carbocycles. The van der Waals surface area contributed by atoms with Crippen LogP contribution in [0.15, 0.2) is 12.1 Å². The predicted molar refractivity (Wildman–Crippen MR) is 69.0 cm³/mol. The summed E-state index contributed by atoms with van der Waals surface area (Å²) < 4.78 is 11.1. The van der Waals surface area contributed by atoms with Gasteiger partial charge >= 0.3 is 0 Å². The third kappa shape index (κ3) is 4.91. The van der Waals surface area contributed by atoms with Gasteiger partial charge in [0.15, 0.2) is 0 Å². The lowest BCUT2D eigenvalue weighted by Gasteiger charge is -2.01. The van der Waals surface area contributed by atoms with E-state index in [4.69, 9.17) is 0 Å². The number of hydrogen-bond acceptors (Lipinski definition) is 3. The monoisotopic (exact) mass is 245 g/mol. The molecule has 0 aliphatic rings. The van der Waals surface area contributed by atoms with Gasteiger partial charge in [0.05, 0.1) is 0 Å². The van der Waals surface area contributed by atoms with Crippen molar-refractivity contribution in [3.8, 4) is 0 Å². The average molecular weight is 245 g/mol. The molecule has 1 heterocycles. The molecular weight excluding hydrogens is 226 g/mol. The number of aryl methyl sites for hydroxylation is 1. The smallest absolute Gasteiger partial charge is 0.0360 e. The standard InChI is InChI=1S/C11H19NOS2/c1-3-10-5-6-11(14-10)9-12-7-8-15(13)4-2/h5-6,12H,3-4,7-9H2,1-2H3. The number of nitrogens with one attached hydrogen (secondary N) is 1. The third-order valence-electron chi connectivity index (χ3n) is 2.19. The van der Waals surface area contributed by atoms with Crippen molar-refractivity contribution in [2.24, 2.45) is 0 Å². The molecule has 15 heavy (non-hydrogen) atoms. The normalized spacial score (nSPS) is 12.9. The minimum Gasteiger partial charge on any atom is -0.311 e. The molecule has 0 fully saturated rings. The Morgan fingerprint density at radius 2 is 2.07 bits per heavy atom. The van der Waals surface area contributed by atoms with Crippen molar-refractivity contribution in [1.82, 2.24) is 5.32 Å². The van der Waals surface area contributed by atoms with E-state index >= 15 is 0 Å². The van der Waals surface area contributed by atoms with Gasteiger partial charge in [0, 0.05) is 45.1 Å². The number of rotatable bonds is 7. The predicted octanol–water partition coefficient (Wildman–Crippen LogP) is 2.17. The van der Waals surface area contributed by atoms with Crippen LogP contribution in [0.1, 0.15) is 23.6 Å². The fourth-order valence-electron chi connectivity index (χ4n) is 1.25. The van der Waals surface area contributed by atoms with Crippen molar-refractivity contribution in [2.45, 2.75) is 26.8 Å². The van der Waals surface area contributed by atoms with Crippen LogP contribution >= 0.6 is 11.3 Å². The second-order valence-electron chi connectivity index (χ2n) is 3.33. The van der Waals surface area contributed by atoms with Crippen LogP contribution in [-0.2, 0) is 23.8 Å². The van der Waals surface area contributed by atoms with Crippen molar-refractivity contribution in [2.75, 3.05) is 18.1 Å². The summed E-state index contributed by atoms with van der Waals surface area (Å²) >= 11 is 1.86. The Morgan fingerprint density at radius 1 is 1.33 bits per heavy atom. The van der Waals surface area contributed by atoms with E-state index in [1.54, 1.807) is 0 Å². The van der Waals surface area contributed by atoms with Crippen molar-refractivity contribution < 1.29 is 4.21 Å². The van der Waals surface area contributed by atoms with Crippen LogP contribution in [0.3, 0.4) is 0 Å². The van der Waals surface area contributed by atoms with Crippen molar-refractivity contribution in [3.05, 3.63) is 21.9 Å². The van der Waals surface area contributed by atoms with E-state index in [9.17, 15) is 4.21 Å². The summed E-state index contributed by atoms with van der Waals surface area (Å²) in [5.41, 5.74) is 0. The van der Waals surface area contributed by atoms with E-state index < -0.39 is 10.8 Å². The summed E-state index contributed by atoms with van der Waals surface area (Å²) in [7, 11) is -0.640. The maximum Gasteiger partial charge on any atom is 0.0360 e. The van der Waals surface area contributed by atoms with E-state index in [1.165, 1.54) is 9.75 Å². The molecule has 4 heteroatoms. The molecule has 1 rings (SSSR count). The first-order chi connectivity index (χ1) is 7.26. The van der Waals surface area contributed by atoms with Crippen LogP contribution in [0, 0.1) is 0 Å².